The fourth-order valence-corrected chi connectivity index (χ4v) is 3.25. The van der Waals surface area contributed by atoms with Crippen LogP contribution in [0.1, 0.15) is 16.7 Å². The minimum atomic E-state index is -0.368. The van der Waals surface area contributed by atoms with Crippen LogP contribution in [0.4, 0.5) is 19.3 Å². The lowest BCUT2D eigenvalue weighted by molar-refractivity contribution is 0.150. The lowest BCUT2D eigenvalue weighted by Crippen LogP contribution is -2.48. The van der Waals surface area contributed by atoms with E-state index in [0.29, 0.717) is 59.8 Å². The number of nitrogens with one attached hydrogen (secondary N) is 1. The Hall–Kier alpha value is -3.68. The van der Waals surface area contributed by atoms with Gasteiger partial charge in [-0.2, -0.15) is 5.10 Å². The molecule has 0 unspecified atom stereocenters. The molecule has 1 aliphatic heterocycles. The van der Waals surface area contributed by atoms with E-state index in [9.17, 15) is 13.6 Å². The molecule has 2 amide bonds. The van der Waals surface area contributed by atoms with Crippen molar-refractivity contribution in [3.05, 3.63) is 89.2 Å². The first kappa shape index (κ1) is 23.0. The predicted octanol–water partition coefficient (Wildman–Crippen LogP) is 4.16. The zero-order valence-corrected chi connectivity index (χ0v) is 18.3. The van der Waals surface area contributed by atoms with Crippen molar-refractivity contribution in [3.8, 4) is 0 Å². The van der Waals surface area contributed by atoms with E-state index < -0.39 is 0 Å². The molecular formula is C24H27F2N5O. The molecule has 1 aliphatic rings. The monoisotopic (exact) mass is 439 g/mol. The van der Waals surface area contributed by atoms with Crippen LogP contribution in [0, 0.1) is 25.5 Å². The van der Waals surface area contributed by atoms with Gasteiger partial charge < -0.3 is 16.0 Å². The molecule has 1 saturated heterocycles. The fraction of sp³-hybridized carbons (Fsp3) is 0.250. The van der Waals surface area contributed by atoms with Crippen molar-refractivity contribution in [3.63, 3.8) is 0 Å². The summed E-state index contributed by atoms with van der Waals surface area (Å²) in [4.78, 5) is 14.2. The molecule has 32 heavy (non-hydrogen) atoms. The molecule has 2 aromatic rings. The number of piperazine rings is 1. The lowest BCUT2D eigenvalue weighted by atomic mass is 10.00. The Morgan fingerprint density at radius 2 is 1.69 bits per heavy atom. The number of allylic oxidation sites excluding steroid dienone is 1. The van der Waals surface area contributed by atoms with Crippen LogP contribution in [0.15, 0.2) is 65.9 Å². The summed E-state index contributed by atoms with van der Waals surface area (Å²) in [6.45, 7) is 12.9. The smallest absolute Gasteiger partial charge is 0.321 e. The highest BCUT2D eigenvalue weighted by Gasteiger charge is 2.22. The summed E-state index contributed by atoms with van der Waals surface area (Å²) in [6, 6.07) is 8.98. The van der Waals surface area contributed by atoms with Crippen LogP contribution >= 0.6 is 0 Å². The number of benzene rings is 2. The van der Waals surface area contributed by atoms with Crippen molar-refractivity contribution in [2.24, 2.45) is 10.8 Å². The van der Waals surface area contributed by atoms with Gasteiger partial charge in [0.05, 0.1) is 18.8 Å². The fourth-order valence-electron chi connectivity index (χ4n) is 3.25. The second-order valence-corrected chi connectivity index (χ2v) is 7.75. The number of anilines is 1. The molecule has 0 bridgehead atoms. The summed E-state index contributed by atoms with van der Waals surface area (Å²) in [5.74, 6) is -0.675. The number of halogens is 2. The maximum atomic E-state index is 13.7. The second-order valence-electron chi connectivity index (χ2n) is 7.75. The van der Waals surface area contributed by atoms with E-state index in [1.165, 1.54) is 12.1 Å². The second kappa shape index (κ2) is 9.64. The standard InChI is InChI=1S/C24H27F2N5O/c1-15-5-7-20(14-22(15)26)28-24(32)30-9-11-31(12-10-30)29-23(17(3)18(4)27)19-6-8-21(25)16(2)13-19/h5-8,13-14H,3-4,9-12,27H2,1-2H3,(H,28,32)/b29-23+. The van der Waals surface area contributed by atoms with Crippen LogP contribution < -0.4 is 11.1 Å². The third-order valence-electron chi connectivity index (χ3n) is 5.31. The minimum absolute atomic E-state index is 0.272. The number of hydrogen-bond donors (Lipinski definition) is 2. The third-order valence-corrected chi connectivity index (χ3v) is 5.31. The van der Waals surface area contributed by atoms with Gasteiger partial charge in [0, 0.05) is 35.6 Å². The van der Waals surface area contributed by atoms with Crippen molar-refractivity contribution in [2.45, 2.75) is 13.8 Å². The van der Waals surface area contributed by atoms with Gasteiger partial charge in [-0.15, -0.1) is 0 Å². The van der Waals surface area contributed by atoms with E-state index in [1.54, 1.807) is 43.0 Å². The number of amides is 2. The molecule has 8 heteroatoms. The summed E-state index contributed by atoms with van der Waals surface area (Å²) in [5.41, 5.74) is 9.18. The Balaban J connectivity index is 1.70. The normalized spacial score (nSPS) is 14.3. The van der Waals surface area contributed by atoms with Crippen LogP contribution in [0.2, 0.25) is 0 Å². The maximum Gasteiger partial charge on any atom is 0.321 e. The van der Waals surface area contributed by atoms with Gasteiger partial charge in [0.15, 0.2) is 0 Å². The summed E-state index contributed by atoms with van der Waals surface area (Å²) < 4.78 is 27.4. The average molecular weight is 440 g/mol. The van der Waals surface area contributed by atoms with Gasteiger partial charge in [-0.05, 0) is 55.3 Å². The molecule has 0 radical (unpaired) electrons. The van der Waals surface area contributed by atoms with Gasteiger partial charge in [-0.1, -0.05) is 19.2 Å². The average Bonchev–Trinajstić information content (AvgIpc) is 2.76. The molecule has 3 N–H and O–H groups in total. The summed E-state index contributed by atoms with van der Waals surface area (Å²) in [5, 5.41) is 9.21. The van der Waals surface area contributed by atoms with Crippen molar-refractivity contribution in [1.82, 2.24) is 9.91 Å². The summed E-state index contributed by atoms with van der Waals surface area (Å²) in [6.07, 6.45) is 0. The number of aryl methyl sites for hydroxylation is 2. The Morgan fingerprint density at radius 1 is 1.00 bits per heavy atom. The lowest BCUT2D eigenvalue weighted by Gasteiger charge is -2.33. The van der Waals surface area contributed by atoms with Crippen LogP contribution in [0.5, 0.6) is 0 Å². The van der Waals surface area contributed by atoms with E-state index in [2.05, 4.69) is 23.6 Å². The van der Waals surface area contributed by atoms with E-state index >= 15 is 0 Å². The van der Waals surface area contributed by atoms with Gasteiger partial charge >= 0.3 is 6.03 Å². The number of rotatable bonds is 5. The molecular weight excluding hydrogens is 412 g/mol. The first-order chi connectivity index (χ1) is 15.2. The molecule has 0 atom stereocenters. The van der Waals surface area contributed by atoms with Gasteiger partial charge in [0.2, 0.25) is 0 Å². The number of urea groups is 1. The van der Waals surface area contributed by atoms with Crippen LogP contribution in [-0.4, -0.2) is 47.8 Å². The summed E-state index contributed by atoms with van der Waals surface area (Å²) >= 11 is 0. The highest BCUT2D eigenvalue weighted by atomic mass is 19.1. The maximum absolute atomic E-state index is 13.7. The first-order valence-corrected chi connectivity index (χ1v) is 10.2. The predicted molar refractivity (Wildman–Crippen MR) is 123 cm³/mol. The van der Waals surface area contributed by atoms with E-state index in [4.69, 9.17) is 5.73 Å². The number of hydrogen-bond acceptors (Lipinski definition) is 4. The van der Waals surface area contributed by atoms with E-state index in [0.717, 1.165) is 0 Å². The third kappa shape index (κ3) is 5.32. The topological polar surface area (TPSA) is 74.0 Å². The first-order valence-electron chi connectivity index (χ1n) is 10.2. The zero-order chi connectivity index (χ0) is 23.4. The molecule has 0 spiro atoms. The van der Waals surface area contributed by atoms with Crippen molar-refractivity contribution >= 4 is 17.4 Å². The number of nitrogens with zero attached hydrogens (tertiary/aromatic N) is 3. The molecule has 0 aliphatic carbocycles. The zero-order valence-electron chi connectivity index (χ0n) is 18.3. The Kier molecular flexibility index (Phi) is 6.92. The minimum Gasteiger partial charge on any atom is -0.399 e. The van der Waals surface area contributed by atoms with Gasteiger partial charge in [0.1, 0.15) is 11.6 Å². The highest BCUT2D eigenvalue weighted by molar-refractivity contribution is 6.14. The van der Waals surface area contributed by atoms with Crippen LogP contribution in [0.3, 0.4) is 0 Å². The number of carbonyl (C=O) groups excluding carboxylic acids is 1. The van der Waals surface area contributed by atoms with Gasteiger partial charge in [0.25, 0.3) is 0 Å². The quantitative estimate of drug-likeness (QED) is 0.543. The molecule has 1 heterocycles. The Bertz CT molecular complexity index is 1090. The van der Waals surface area contributed by atoms with Crippen LogP contribution in [0.25, 0.3) is 0 Å². The van der Waals surface area contributed by atoms with Gasteiger partial charge in [-0.25, -0.2) is 13.6 Å². The number of carbonyl (C=O) groups is 1. The molecule has 3 rings (SSSR count). The van der Waals surface area contributed by atoms with Crippen molar-refractivity contribution in [2.75, 3.05) is 31.5 Å². The Morgan fingerprint density at radius 3 is 2.28 bits per heavy atom. The molecule has 6 nitrogen and oxygen atoms in total. The highest BCUT2D eigenvalue weighted by Crippen LogP contribution is 2.18. The summed E-state index contributed by atoms with van der Waals surface area (Å²) in [7, 11) is 0. The Labute approximate surface area is 186 Å². The SMILES string of the molecule is C=C(N)C(=C)/C(=N\N1CCN(C(=O)Nc2ccc(C)c(F)c2)CC1)c1ccc(F)c(C)c1. The van der Waals surface area contributed by atoms with Crippen molar-refractivity contribution in [1.29, 1.82) is 0 Å². The molecule has 0 aromatic heterocycles. The van der Waals surface area contributed by atoms with Crippen LogP contribution in [-0.2, 0) is 0 Å². The molecule has 168 valence electrons. The van der Waals surface area contributed by atoms with Crippen molar-refractivity contribution < 1.29 is 13.6 Å². The van der Waals surface area contributed by atoms with E-state index in [-0.39, 0.29) is 23.4 Å². The number of nitrogens with two attached hydrogens (primary N) is 1. The molecule has 0 saturated carbocycles. The molecule has 1 fully saturated rings. The largest absolute Gasteiger partial charge is 0.399 e. The molecule has 2 aromatic carbocycles. The number of hydrazone groups is 1. The van der Waals surface area contributed by atoms with E-state index in [1.807, 2.05) is 5.01 Å². The van der Waals surface area contributed by atoms with Gasteiger partial charge in [-0.3, -0.25) is 5.01 Å².